The van der Waals surface area contributed by atoms with Gasteiger partial charge in [0.15, 0.2) is 0 Å². The van der Waals surface area contributed by atoms with E-state index in [0.717, 1.165) is 43.5 Å². The van der Waals surface area contributed by atoms with Crippen LogP contribution in [0.4, 0.5) is 0 Å². The molecule has 5 heteroatoms. The van der Waals surface area contributed by atoms with E-state index < -0.39 is 0 Å². The monoisotopic (exact) mass is 387 g/mol. The Kier molecular flexibility index (Phi) is 6.51. The van der Waals surface area contributed by atoms with Crippen LogP contribution in [0.5, 0.6) is 0 Å². The Morgan fingerprint density at radius 2 is 1.74 bits per heavy atom. The lowest BCUT2D eigenvalue weighted by Crippen LogP contribution is -2.51. The van der Waals surface area contributed by atoms with Crippen LogP contribution in [-0.4, -0.2) is 48.1 Å². The molecule has 1 aromatic heterocycles. The average molecular weight is 388 g/mol. The molecule has 4 rings (SSSR count). The van der Waals surface area contributed by atoms with Crippen molar-refractivity contribution in [1.82, 2.24) is 15.1 Å². The van der Waals surface area contributed by atoms with Crippen LogP contribution in [-0.2, 0) is 13.1 Å². The molecule has 0 aliphatic carbocycles. The number of hydrogen-bond acceptors (Lipinski definition) is 4. The number of benzene rings is 1. The van der Waals surface area contributed by atoms with Gasteiger partial charge in [-0.15, -0.1) is 0 Å². The molecule has 0 bridgehead atoms. The Morgan fingerprint density at radius 3 is 2.48 bits per heavy atom. The number of piperidine rings is 2. The van der Waals surface area contributed by atoms with E-state index in [1.807, 2.05) is 18.2 Å². The number of hydrogen-bond donors (Lipinski definition) is 1. The summed E-state index contributed by atoms with van der Waals surface area (Å²) in [7, 11) is 0. The first-order valence-electron chi connectivity index (χ1n) is 10.2. The summed E-state index contributed by atoms with van der Waals surface area (Å²) in [6, 6.07) is 13.6. The summed E-state index contributed by atoms with van der Waals surface area (Å²) in [5.74, 6) is 1.08. The second kappa shape index (κ2) is 9.24. The van der Waals surface area contributed by atoms with E-state index in [1.54, 1.807) is 6.26 Å². The van der Waals surface area contributed by atoms with Gasteiger partial charge in [0.1, 0.15) is 5.76 Å². The fraction of sp³-hybridized carbons (Fsp3) is 0.545. The first kappa shape index (κ1) is 19.0. The van der Waals surface area contributed by atoms with E-state index in [9.17, 15) is 0 Å². The van der Waals surface area contributed by atoms with Crippen LogP contribution < -0.4 is 5.32 Å². The van der Waals surface area contributed by atoms with E-state index in [4.69, 9.17) is 16.0 Å². The maximum Gasteiger partial charge on any atom is 0.117 e. The van der Waals surface area contributed by atoms with Crippen LogP contribution in [0.15, 0.2) is 47.1 Å². The first-order valence-corrected chi connectivity index (χ1v) is 10.6. The molecule has 0 amide bonds. The van der Waals surface area contributed by atoms with Gasteiger partial charge in [0, 0.05) is 43.3 Å². The summed E-state index contributed by atoms with van der Waals surface area (Å²) in [5.41, 5.74) is 1.35. The average Bonchev–Trinajstić information content (AvgIpc) is 3.19. The van der Waals surface area contributed by atoms with Crippen molar-refractivity contribution in [1.29, 1.82) is 0 Å². The third kappa shape index (κ3) is 5.58. The van der Waals surface area contributed by atoms with Gasteiger partial charge < -0.3 is 9.73 Å². The largest absolute Gasteiger partial charge is 0.468 e. The molecule has 0 unspecified atom stereocenters. The zero-order valence-corrected chi connectivity index (χ0v) is 16.7. The molecule has 0 saturated carbocycles. The highest BCUT2D eigenvalue weighted by Gasteiger charge is 2.25. The van der Waals surface area contributed by atoms with Gasteiger partial charge in [-0.1, -0.05) is 23.7 Å². The van der Waals surface area contributed by atoms with Gasteiger partial charge in [-0.05, 0) is 62.1 Å². The maximum absolute atomic E-state index is 6.00. The minimum atomic E-state index is 0.618. The van der Waals surface area contributed by atoms with Crippen molar-refractivity contribution in [3.05, 3.63) is 59.0 Å². The topological polar surface area (TPSA) is 31.6 Å². The predicted molar refractivity (Wildman–Crippen MR) is 110 cm³/mol. The van der Waals surface area contributed by atoms with Crippen molar-refractivity contribution in [3.63, 3.8) is 0 Å². The van der Waals surface area contributed by atoms with Gasteiger partial charge >= 0.3 is 0 Å². The number of halogens is 1. The number of likely N-dealkylation sites (tertiary alicyclic amines) is 2. The molecule has 2 fully saturated rings. The molecule has 3 heterocycles. The summed E-state index contributed by atoms with van der Waals surface area (Å²) >= 11 is 6.00. The lowest BCUT2D eigenvalue weighted by molar-refractivity contribution is 0.142. The highest BCUT2D eigenvalue weighted by molar-refractivity contribution is 6.30. The highest BCUT2D eigenvalue weighted by Crippen LogP contribution is 2.19. The summed E-state index contributed by atoms with van der Waals surface area (Å²) < 4.78 is 5.48. The summed E-state index contributed by atoms with van der Waals surface area (Å²) in [5, 5.41) is 4.76. The van der Waals surface area contributed by atoms with Gasteiger partial charge in [0.2, 0.25) is 0 Å². The van der Waals surface area contributed by atoms with Crippen molar-refractivity contribution >= 4 is 11.6 Å². The predicted octanol–water partition coefficient (Wildman–Crippen LogP) is 4.15. The van der Waals surface area contributed by atoms with Crippen LogP contribution >= 0.6 is 11.6 Å². The Bertz CT molecular complexity index is 680. The molecule has 1 atom stereocenters. The summed E-state index contributed by atoms with van der Waals surface area (Å²) in [6.07, 6.45) is 6.80. The molecule has 1 aromatic carbocycles. The molecular weight excluding hydrogens is 358 g/mol. The van der Waals surface area contributed by atoms with Gasteiger partial charge in [-0.2, -0.15) is 0 Å². The van der Waals surface area contributed by atoms with E-state index in [0.29, 0.717) is 12.1 Å². The molecule has 0 radical (unpaired) electrons. The quantitative estimate of drug-likeness (QED) is 0.806. The van der Waals surface area contributed by atoms with Gasteiger partial charge in [0.05, 0.1) is 12.8 Å². The zero-order valence-electron chi connectivity index (χ0n) is 15.9. The third-order valence-corrected chi connectivity index (χ3v) is 6.10. The maximum atomic E-state index is 6.00. The van der Waals surface area contributed by atoms with Crippen molar-refractivity contribution in [2.24, 2.45) is 0 Å². The van der Waals surface area contributed by atoms with E-state index in [1.165, 1.54) is 37.8 Å². The van der Waals surface area contributed by atoms with Crippen LogP contribution in [0.25, 0.3) is 0 Å². The van der Waals surface area contributed by atoms with Crippen LogP contribution in [0.2, 0.25) is 5.02 Å². The second-order valence-electron chi connectivity index (χ2n) is 8.00. The molecular formula is C22H30ClN3O. The molecule has 2 aliphatic rings. The Balaban J connectivity index is 1.21. The number of nitrogens with zero attached hydrogens (tertiary/aromatic N) is 2. The lowest BCUT2D eigenvalue weighted by atomic mass is 9.99. The fourth-order valence-electron chi connectivity index (χ4n) is 4.40. The smallest absolute Gasteiger partial charge is 0.117 e. The molecule has 2 aromatic rings. The van der Waals surface area contributed by atoms with Crippen molar-refractivity contribution < 1.29 is 4.42 Å². The highest BCUT2D eigenvalue weighted by atomic mass is 35.5. The molecule has 4 nitrogen and oxygen atoms in total. The van der Waals surface area contributed by atoms with Gasteiger partial charge in [-0.25, -0.2) is 0 Å². The van der Waals surface area contributed by atoms with E-state index in [-0.39, 0.29) is 0 Å². The second-order valence-corrected chi connectivity index (χ2v) is 8.43. The number of rotatable bonds is 6. The minimum absolute atomic E-state index is 0.618. The molecule has 27 heavy (non-hydrogen) atoms. The van der Waals surface area contributed by atoms with Gasteiger partial charge in [-0.3, -0.25) is 9.80 Å². The summed E-state index contributed by atoms with van der Waals surface area (Å²) in [4.78, 5) is 5.08. The van der Waals surface area contributed by atoms with Crippen molar-refractivity contribution in [2.45, 2.75) is 50.9 Å². The Hall–Kier alpha value is -1.33. The molecule has 2 saturated heterocycles. The molecule has 1 N–H and O–H groups in total. The molecule has 0 spiro atoms. The lowest BCUT2D eigenvalue weighted by Gasteiger charge is -2.38. The van der Waals surface area contributed by atoms with E-state index >= 15 is 0 Å². The number of nitrogens with one attached hydrogen (secondary N) is 1. The normalized spacial score (nSPS) is 22.9. The van der Waals surface area contributed by atoms with Gasteiger partial charge in [0.25, 0.3) is 0 Å². The zero-order chi connectivity index (χ0) is 18.5. The van der Waals surface area contributed by atoms with Crippen molar-refractivity contribution in [2.75, 3.05) is 26.2 Å². The Morgan fingerprint density at radius 1 is 0.926 bits per heavy atom. The van der Waals surface area contributed by atoms with Crippen molar-refractivity contribution in [3.8, 4) is 0 Å². The van der Waals surface area contributed by atoms with Crippen LogP contribution in [0.1, 0.15) is 37.0 Å². The molecule has 2 aliphatic heterocycles. The SMILES string of the molecule is Clc1ccc(CN2CCC[C@@H](NC3CCN(Cc4ccco4)CC3)C2)cc1. The first-order chi connectivity index (χ1) is 13.2. The number of furan rings is 1. The minimum Gasteiger partial charge on any atom is -0.468 e. The third-order valence-electron chi connectivity index (χ3n) is 5.84. The fourth-order valence-corrected chi connectivity index (χ4v) is 4.52. The van der Waals surface area contributed by atoms with E-state index in [2.05, 4.69) is 33.3 Å². The van der Waals surface area contributed by atoms with Crippen LogP contribution in [0.3, 0.4) is 0 Å². The summed E-state index contributed by atoms with van der Waals surface area (Å²) in [6.45, 7) is 6.62. The molecule has 146 valence electrons. The Labute approximate surface area is 167 Å². The van der Waals surface area contributed by atoms with Crippen LogP contribution in [0, 0.1) is 0 Å². The standard InChI is InChI=1S/C22H30ClN3O/c23-19-7-5-18(6-8-19)15-26-11-1-3-21(16-26)24-20-9-12-25(13-10-20)17-22-4-2-14-27-22/h2,4-8,14,20-21,24H,1,3,9-13,15-17H2/t21-/m1/s1.